The van der Waals surface area contributed by atoms with Crippen LogP contribution >= 0.6 is 11.3 Å². The third kappa shape index (κ3) is 2.99. The van der Waals surface area contributed by atoms with E-state index in [0.29, 0.717) is 0 Å². The van der Waals surface area contributed by atoms with E-state index in [-0.39, 0.29) is 20.9 Å². The Morgan fingerprint density at radius 2 is 1.61 bits per heavy atom. The van der Waals surface area contributed by atoms with E-state index in [2.05, 4.69) is 11.8 Å². The van der Waals surface area contributed by atoms with Crippen molar-refractivity contribution in [2.75, 3.05) is 0 Å². The van der Waals surface area contributed by atoms with E-state index in [4.69, 9.17) is 12.8 Å². The third-order valence-corrected chi connectivity index (χ3v) is 5.37. The van der Waals surface area contributed by atoms with Crippen LogP contribution in [0.2, 0.25) is 0 Å². The Morgan fingerprint density at radius 1 is 1.04 bits per heavy atom. The average molecular weight is 414 g/mol. The van der Waals surface area contributed by atoms with Crippen LogP contribution in [0.4, 0.5) is 26.3 Å². The first-order chi connectivity index (χ1) is 12.7. The van der Waals surface area contributed by atoms with Crippen molar-refractivity contribution in [2.24, 2.45) is 0 Å². The van der Waals surface area contributed by atoms with Crippen molar-refractivity contribution in [1.29, 1.82) is 0 Å². The molecule has 2 rings (SSSR count). The van der Waals surface area contributed by atoms with Gasteiger partial charge in [0.15, 0.2) is 0 Å². The van der Waals surface area contributed by atoms with E-state index in [9.17, 15) is 26.3 Å². The number of terminal acetylenes is 2. The zero-order valence-corrected chi connectivity index (χ0v) is 16.3. The highest BCUT2D eigenvalue weighted by molar-refractivity contribution is 7.12. The smallest absolute Gasteiger partial charge is 0.194 e. The maximum absolute atomic E-state index is 14.8. The molecule has 1 aromatic rings. The maximum atomic E-state index is 14.8. The predicted molar refractivity (Wildman–Crippen MR) is 99.7 cm³/mol. The van der Waals surface area contributed by atoms with Gasteiger partial charge >= 0.3 is 17.8 Å². The van der Waals surface area contributed by atoms with Crippen molar-refractivity contribution in [2.45, 2.75) is 45.5 Å². The lowest BCUT2D eigenvalue weighted by Gasteiger charge is -2.26. The minimum Gasteiger partial charge on any atom is -0.194 e. The van der Waals surface area contributed by atoms with Crippen LogP contribution in [0.5, 0.6) is 0 Å². The largest absolute Gasteiger partial charge is 0.380 e. The fourth-order valence-electron chi connectivity index (χ4n) is 2.96. The normalized spacial score (nSPS) is 19.9. The van der Waals surface area contributed by atoms with E-state index >= 15 is 0 Å². The molecule has 0 spiro atoms. The number of hydrogen-bond donors (Lipinski definition) is 0. The lowest BCUT2D eigenvalue weighted by atomic mass is 9.91. The van der Waals surface area contributed by atoms with E-state index in [1.807, 2.05) is 0 Å². The summed E-state index contributed by atoms with van der Waals surface area (Å²) in [5.74, 6) is -11.4. The molecule has 0 amide bonds. The van der Waals surface area contributed by atoms with Gasteiger partial charge in [0.1, 0.15) is 0 Å². The lowest BCUT2D eigenvalue weighted by molar-refractivity contribution is -0.259. The molecule has 0 atom stereocenters. The van der Waals surface area contributed by atoms with Crippen LogP contribution in [-0.2, 0) is 0 Å². The zero-order valence-electron chi connectivity index (χ0n) is 15.5. The molecule has 148 valence electrons. The minimum atomic E-state index is -5.62. The first-order valence-electron chi connectivity index (χ1n) is 8.02. The van der Waals surface area contributed by atoms with Crippen molar-refractivity contribution in [1.82, 2.24) is 0 Å². The second-order valence-corrected chi connectivity index (χ2v) is 7.84. The summed E-state index contributed by atoms with van der Waals surface area (Å²) in [5.41, 5.74) is -3.44. The second-order valence-electron chi connectivity index (χ2n) is 6.58. The van der Waals surface area contributed by atoms with Gasteiger partial charge in [0.05, 0.1) is 4.88 Å². The van der Waals surface area contributed by atoms with Crippen molar-refractivity contribution in [3.63, 3.8) is 0 Å². The van der Waals surface area contributed by atoms with Gasteiger partial charge in [-0.15, -0.1) is 24.2 Å². The van der Waals surface area contributed by atoms with Gasteiger partial charge in [-0.05, 0) is 56.5 Å². The highest BCUT2D eigenvalue weighted by atomic mass is 32.1. The quantitative estimate of drug-likeness (QED) is 0.296. The Kier molecular flexibility index (Phi) is 5.40. The van der Waals surface area contributed by atoms with Crippen LogP contribution in [0, 0.1) is 31.6 Å². The molecule has 7 heteroatoms. The van der Waals surface area contributed by atoms with Gasteiger partial charge in [0.25, 0.3) is 0 Å². The van der Waals surface area contributed by atoms with Crippen molar-refractivity contribution < 1.29 is 26.3 Å². The highest BCUT2D eigenvalue weighted by Gasteiger charge is 2.80. The Labute approximate surface area is 163 Å². The van der Waals surface area contributed by atoms with Crippen LogP contribution in [0.3, 0.4) is 0 Å². The molecule has 0 N–H and O–H groups in total. The first-order valence-corrected chi connectivity index (χ1v) is 8.84. The number of halogens is 6. The van der Waals surface area contributed by atoms with Crippen molar-refractivity contribution in [3.8, 4) is 24.7 Å². The van der Waals surface area contributed by atoms with Gasteiger partial charge in [0, 0.05) is 16.0 Å². The van der Waals surface area contributed by atoms with Gasteiger partial charge in [-0.3, -0.25) is 0 Å². The SMILES string of the molecule is C#C/C(C)=C/C(=C(C)C)C1=C(c2cc(C#C)sc2C)C(F)(F)C(F)(F)C1(F)F. The number of hydrogen-bond acceptors (Lipinski definition) is 1. The third-order valence-electron chi connectivity index (χ3n) is 4.39. The molecule has 1 aliphatic rings. The number of alkyl halides is 6. The van der Waals surface area contributed by atoms with E-state index in [1.165, 1.54) is 27.7 Å². The van der Waals surface area contributed by atoms with E-state index in [1.54, 1.807) is 0 Å². The van der Waals surface area contributed by atoms with Gasteiger partial charge in [-0.1, -0.05) is 17.4 Å². The Hall–Kier alpha value is -2.38. The zero-order chi connectivity index (χ0) is 21.7. The fraction of sp³-hybridized carbons (Fsp3) is 0.333. The molecule has 0 nitrogen and oxygen atoms in total. The van der Waals surface area contributed by atoms with Crippen LogP contribution in [0.15, 0.2) is 34.4 Å². The van der Waals surface area contributed by atoms with Gasteiger partial charge in [0.2, 0.25) is 0 Å². The Balaban J connectivity index is 3.06. The first kappa shape index (κ1) is 21.9. The predicted octanol–water partition coefficient (Wildman–Crippen LogP) is 6.63. The van der Waals surface area contributed by atoms with Crippen molar-refractivity contribution in [3.05, 3.63) is 49.8 Å². The Bertz CT molecular complexity index is 999. The molecule has 0 aliphatic heterocycles. The number of allylic oxidation sites excluding steroid dienone is 6. The van der Waals surface area contributed by atoms with E-state index in [0.717, 1.165) is 23.5 Å². The summed E-state index contributed by atoms with van der Waals surface area (Å²) in [5, 5.41) is 0. The minimum absolute atomic E-state index is 0.128. The second kappa shape index (κ2) is 6.90. The molecule has 0 aromatic carbocycles. The highest BCUT2D eigenvalue weighted by Crippen LogP contribution is 2.64. The molecule has 0 radical (unpaired) electrons. The topological polar surface area (TPSA) is 0 Å². The van der Waals surface area contributed by atoms with Crippen LogP contribution in [-0.4, -0.2) is 17.8 Å². The molecule has 0 fully saturated rings. The Morgan fingerprint density at radius 3 is 2.04 bits per heavy atom. The molecule has 0 unspecified atom stereocenters. The number of rotatable bonds is 3. The molecule has 1 aliphatic carbocycles. The molecule has 0 saturated carbocycles. The fourth-order valence-corrected chi connectivity index (χ4v) is 3.80. The van der Waals surface area contributed by atoms with E-state index < -0.39 is 40.1 Å². The summed E-state index contributed by atoms with van der Waals surface area (Å²) >= 11 is 0.886. The lowest BCUT2D eigenvalue weighted by Crippen LogP contribution is -2.49. The van der Waals surface area contributed by atoms with Gasteiger partial charge in [-0.2, -0.15) is 26.3 Å². The van der Waals surface area contributed by atoms with Crippen molar-refractivity contribution >= 4 is 16.9 Å². The summed E-state index contributed by atoms with van der Waals surface area (Å²) in [6.07, 6.45) is 11.5. The number of thiophene rings is 1. The molecule has 0 bridgehead atoms. The average Bonchev–Trinajstić information content (AvgIpc) is 3.00. The van der Waals surface area contributed by atoms with Crippen LogP contribution in [0.1, 0.15) is 36.1 Å². The van der Waals surface area contributed by atoms with Crippen LogP contribution < -0.4 is 0 Å². The molecular formula is C21H16F6S. The number of aryl methyl sites for hydroxylation is 1. The van der Waals surface area contributed by atoms with Crippen LogP contribution in [0.25, 0.3) is 5.57 Å². The summed E-state index contributed by atoms with van der Waals surface area (Å²) in [4.78, 5) is 0.308. The molecule has 1 aromatic heterocycles. The standard InChI is InChI=1S/C21H16F6S/c1-7-12(5)9-15(11(3)4)17-18(16-10-14(8-2)28-13(16)6)20(24,25)21(26,27)19(17,22)23/h1-2,9-10H,3-6H3/b12-9+. The molecule has 1 heterocycles. The summed E-state index contributed by atoms with van der Waals surface area (Å²) < 4.78 is 87.6. The monoisotopic (exact) mass is 414 g/mol. The molecular weight excluding hydrogens is 398 g/mol. The maximum Gasteiger partial charge on any atom is 0.380 e. The molecule has 28 heavy (non-hydrogen) atoms. The summed E-state index contributed by atoms with van der Waals surface area (Å²) in [6, 6.07) is 1.06. The summed E-state index contributed by atoms with van der Waals surface area (Å²) in [6.45, 7) is 5.47. The van der Waals surface area contributed by atoms with Gasteiger partial charge < -0.3 is 0 Å². The summed E-state index contributed by atoms with van der Waals surface area (Å²) in [7, 11) is 0. The van der Waals surface area contributed by atoms with Gasteiger partial charge in [-0.25, -0.2) is 0 Å². The molecule has 0 saturated heterocycles.